The zero-order valence-corrected chi connectivity index (χ0v) is 18.0. The van der Waals surface area contributed by atoms with Crippen LogP contribution in [0.4, 0.5) is 0 Å². The molecule has 2 aromatic heterocycles. The van der Waals surface area contributed by atoms with E-state index in [9.17, 15) is 10.1 Å². The van der Waals surface area contributed by atoms with Crippen LogP contribution in [-0.4, -0.2) is 39.0 Å². The van der Waals surface area contributed by atoms with Crippen molar-refractivity contribution >= 4 is 34.3 Å². The van der Waals surface area contributed by atoms with Crippen molar-refractivity contribution in [2.45, 2.75) is 38.6 Å². The number of benzene rings is 1. The molecule has 1 aliphatic rings. The lowest BCUT2D eigenvalue weighted by Crippen LogP contribution is -2.43. The van der Waals surface area contributed by atoms with Crippen LogP contribution in [0.3, 0.4) is 0 Å². The molecule has 3 aromatic rings. The SMILES string of the molecule is CCc1cc(SCC(=O)N2C[C@H](C)C[C@H](C)C2)n2c(nc3ccccc32)c1C#N. The largest absolute Gasteiger partial charge is 0.341 e. The molecular formula is C23H26N4OS. The van der Waals surface area contributed by atoms with Crippen LogP contribution < -0.4 is 0 Å². The van der Waals surface area contributed by atoms with E-state index < -0.39 is 0 Å². The second-order valence-electron chi connectivity index (χ2n) is 8.14. The highest BCUT2D eigenvalue weighted by Gasteiger charge is 2.26. The number of carbonyl (C=O) groups is 1. The van der Waals surface area contributed by atoms with Crippen molar-refractivity contribution in [3.63, 3.8) is 0 Å². The number of aromatic nitrogens is 2. The van der Waals surface area contributed by atoms with Crippen LogP contribution in [0.1, 0.15) is 38.3 Å². The molecule has 1 amide bonds. The molecule has 4 rings (SSSR count). The summed E-state index contributed by atoms with van der Waals surface area (Å²) in [6, 6.07) is 12.3. The number of piperidine rings is 1. The van der Waals surface area contributed by atoms with Gasteiger partial charge in [0, 0.05) is 13.1 Å². The molecule has 0 radical (unpaired) electrons. The van der Waals surface area contributed by atoms with E-state index in [2.05, 4.69) is 26.0 Å². The molecule has 0 bridgehead atoms. The fourth-order valence-electron chi connectivity index (χ4n) is 4.45. The number of rotatable bonds is 4. The van der Waals surface area contributed by atoms with Crippen molar-refractivity contribution in [3.05, 3.63) is 41.5 Å². The van der Waals surface area contributed by atoms with Crippen molar-refractivity contribution in [1.29, 1.82) is 5.26 Å². The monoisotopic (exact) mass is 406 g/mol. The van der Waals surface area contributed by atoms with Gasteiger partial charge in [-0.1, -0.05) is 44.7 Å². The molecule has 0 spiro atoms. The minimum atomic E-state index is 0.188. The molecule has 3 heterocycles. The predicted molar refractivity (Wildman–Crippen MR) is 117 cm³/mol. The van der Waals surface area contributed by atoms with E-state index in [0.29, 0.717) is 28.8 Å². The maximum atomic E-state index is 12.9. The summed E-state index contributed by atoms with van der Waals surface area (Å²) in [6.07, 6.45) is 1.94. The number of likely N-dealkylation sites (tertiary alicyclic amines) is 1. The minimum Gasteiger partial charge on any atom is -0.341 e. The Bertz CT molecular complexity index is 1100. The Hall–Kier alpha value is -2.52. The Morgan fingerprint density at radius 3 is 2.69 bits per heavy atom. The highest BCUT2D eigenvalue weighted by molar-refractivity contribution is 7.99. The third-order valence-electron chi connectivity index (χ3n) is 5.68. The van der Waals surface area contributed by atoms with E-state index >= 15 is 0 Å². The number of hydrogen-bond donors (Lipinski definition) is 0. The van der Waals surface area contributed by atoms with E-state index in [4.69, 9.17) is 4.98 Å². The first-order chi connectivity index (χ1) is 14.0. The van der Waals surface area contributed by atoms with Gasteiger partial charge in [-0.25, -0.2) is 4.98 Å². The van der Waals surface area contributed by atoms with E-state index in [1.54, 1.807) is 11.8 Å². The van der Waals surface area contributed by atoms with Gasteiger partial charge >= 0.3 is 0 Å². The molecule has 1 aromatic carbocycles. The Morgan fingerprint density at radius 1 is 1.28 bits per heavy atom. The van der Waals surface area contributed by atoms with Gasteiger partial charge in [0.05, 0.1) is 27.4 Å². The van der Waals surface area contributed by atoms with Crippen molar-refractivity contribution in [2.75, 3.05) is 18.8 Å². The molecule has 0 saturated carbocycles. The molecular weight excluding hydrogens is 380 g/mol. The number of aryl methyl sites for hydroxylation is 1. The number of pyridine rings is 1. The van der Waals surface area contributed by atoms with Gasteiger partial charge in [0.2, 0.25) is 5.91 Å². The predicted octanol–water partition coefficient (Wildman–Crippen LogP) is 4.52. The van der Waals surface area contributed by atoms with Gasteiger partial charge in [0.25, 0.3) is 0 Å². The lowest BCUT2D eigenvalue weighted by molar-refractivity contribution is -0.130. The van der Waals surface area contributed by atoms with Gasteiger partial charge in [0.1, 0.15) is 6.07 Å². The second kappa shape index (κ2) is 8.08. The zero-order chi connectivity index (χ0) is 20.5. The van der Waals surface area contributed by atoms with E-state index in [1.807, 2.05) is 40.5 Å². The number of hydrogen-bond acceptors (Lipinski definition) is 4. The molecule has 1 fully saturated rings. The van der Waals surface area contributed by atoms with Gasteiger partial charge in [-0.3, -0.25) is 9.20 Å². The molecule has 1 aliphatic heterocycles. The third-order valence-corrected chi connectivity index (χ3v) is 6.67. The summed E-state index contributed by atoms with van der Waals surface area (Å²) in [4.78, 5) is 19.6. The number of carbonyl (C=O) groups excluding carboxylic acids is 1. The minimum absolute atomic E-state index is 0.188. The Morgan fingerprint density at radius 2 is 2.00 bits per heavy atom. The number of nitrogens with zero attached hydrogens (tertiary/aromatic N) is 4. The first kappa shape index (κ1) is 19.8. The Kier molecular flexibility index (Phi) is 5.51. The Labute approximate surface area is 175 Å². The van der Waals surface area contributed by atoms with Crippen LogP contribution in [0, 0.1) is 23.2 Å². The number of fused-ring (bicyclic) bond motifs is 3. The first-order valence-corrected chi connectivity index (χ1v) is 11.2. The quantitative estimate of drug-likeness (QED) is 0.598. The average molecular weight is 407 g/mol. The molecule has 1 saturated heterocycles. The molecule has 2 atom stereocenters. The molecule has 0 aliphatic carbocycles. The molecule has 0 N–H and O–H groups in total. The van der Waals surface area contributed by atoms with Gasteiger partial charge in [-0.05, 0) is 48.4 Å². The normalized spacial score (nSPS) is 19.6. The molecule has 150 valence electrons. The summed E-state index contributed by atoms with van der Waals surface area (Å²) in [5.41, 5.74) is 4.12. The topological polar surface area (TPSA) is 61.4 Å². The van der Waals surface area contributed by atoms with Gasteiger partial charge in [-0.15, -0.1) is 0 Å². The number of imidazole rings is 1. The molecule has 29 heavy (non-hydrogen) atoms. The lowest BCUT2D eigenvalue weighted by atomic mass is 9.92. The van der Waals surface area contributed by atoms with E-state index in [0.717, 1.165) is 41.1 Å². The smallest absolute Gasteiger partial charge is 0.233 e. The first-order valence-electron chi connectivity index (χ1n) is 10.3. The molecule has 5 nitrogen and oxygen atoms in total. The van der Waals surface area contributed by atoms with Crippen molar-refractivity contribution in [2.24, 2.45) is 11.8 Å². The number of para-hydroxylation sites is 2. The van der Waals surface area contributed by atoms with Crippen LogP contribution in [0.2, 0.25) is 0 Å². The third kappa shape index (κ3) is 3.72. The van der Waals surface area contributed by atoms with Gasteiger partial charge in [-0.2, -0.15) is 5.26 Å². The number of nitriles is 1. The van der Waals surface area contributed by atoms with Crippen LogP contribution in [0.15, 0.2) is 35.4 Å². The van der Waals surface area contributed by atoms with E-state index in [-0.39, 0.29) is 5.91 Å². The summed E-state index contributed by atoms with van der Waals surface area (Å²) in [5.74, 6) is 1.70. The summed E-state index contributed by atoms with van der Waals surface area (Å²) < 4.78 is 2.03. The fourth-order valence-corrected chi connectivity index (χ4v) is 5.44. The maximum Gasteiger partial charge on any atom is 0.233 e. The van der Waals surface area contributed by atoms with Crippen LogP contribution in [-0.2, 0) is 11.2 Å². The number of amides is 1. The van der Waals surface area contributed by atoms with Gasteiger partial charge in [0.15, 0.2) is 5.65 Å². The summed E-state index contributed by atoms with van der Waals surface area (Å²) in [6.45, 7) is 8.18. The zero-order valence-electron chi connectivity index (χ0n) is 17.2. The fraction of sp³-hybridized carbons (Fsp3) is 0.435. The average Bonchev–Trinajstić information content (AvgIpc) is 3.10. The van der Waals surface area contributed by atoms with Crippen molar-refractivity contribution in [1.82, 2.24) is 14.3 Å². The molecule has 6 heteroatoms. The lowest BCUT2D eigenvalue weighted by Gasteiger charge is -2.35. The standard InChI is InChI=1S/C23H26N4OS/c1-4-17-10-22(29-14-21(28)26-12-15(2)9-16(3)13-26)27-20-8-6-5-7-19(20)25-23(27)18(17)11-24/h5-8,10,15-16H,4,9,12-14H2,1-3H3/t15-,16+. The van der Waals surface area contributed by atoms with E-state index in [1.165, 1.54) is 6.42 Å². The van der Waals surface area contributed by atoms with Crippen molar-refractivity contribution < 1.29 is 4.79 Å². The number of thioether (sulfide) groups is 1. The Balaban J connectivity index is 1.70. The van der Waals surface area contributed by atoms with Crippen LogP contribution in [0.5, 0.6) is 0 Å². The van der Waals surface area contributed by atoms with Gasteiger partial charge < -0.3 is 4.90 Å². The maximum absolute atomic E-state index is 12.9. The highest BCUT2D eigenvalue weighted by atomic mass is 32.2. The summed E-state index contributed by atoms with van der Waals surface area (Å²) in [7, 11) is 0. The second-order valence-corrected chi connectivity index (χ2v) is 9.14. The molecule has 0 unspecified atom stereocenters. The van der Waals surface area contributed by atoms with Crippen LogP contribution >= 0.6 is 11.8 Å². The van der Waals surface area contributed by atoms with Crippen molar-refractivity contribution in [3.8, 4) is 6.07 Å². The summed E-state index contributed by atoms with van der Waals surface area (Å²) in [5, 5.41) is 10.7. The van der Waals surface area contributed by atoms with Crippen LogP contribution in [0.25, 0.3) is 16.7 Å². The summed E-state index contributed by atoms with van der Waals surface area (Å²) >= 11 is 1.54. The highest BCUT2D eigenvalue weighted by Crippen LogP contribution is 2.30.